The van der Waals surface area contributed by atoms with Gasteiger partial charge in [0.05, 0.1) is 30.7 Å². The molecular formula is C22H21BrN2O5. The van der Waals surface area contributed by atoms with Gasteiger partial charge in [-0.2, -0.15) is 10.1 Å². The zero-order valence-electron chi connectivity index (χ0n) is 16.8. The molecule has 0 fully saturated rings. The number of methoxy groups -OCH3 is 1. The van der Waals surface area contributed by atoms with E-state index in [1.165, 1.54) is 12.1 Å². The van der Waals surface area contributed by atoms with Crippen LogP contribution in [0.2, 0.25) is 0 Å². The van der Waals surface area contributed by atoms with Crippen LogP contribution in [-0.2, 0) is 14.3 Å². The Kier molecular flexibility index (Phi) is 6.89. The maximum absolute atomic E-state index is 12.9. The highest BCUT2D eigenvalue weighted by Crippen LogP contribution is 2.35. The summed E-state index contributed by atoms with van der Waals surface area (Å²) in [7, 11) is 1.50. The fourth-order valence-corrected chi connectivity index (χ4v) is 3.29. The molecule has 3 rings (SSSR count). The third-order valence-electron chi connectivity index (χ3n) is 4.30. The molecule has 0 saturated carbocycles. The Labute approximate surface area is 183 Å². The Morgan fingerprint density at radius 2 is 1.93 bits per heavy atom. The third kappa shape index (κ3) is 4.71. The number of hydrazone groups is 1. The van der Waals surface area contributed by atoms with Gasteiger partial charge >= 0.3 is 5.97 Å². The molecule has 0 unspecified atom stereocenters. The lowest BCUT2D eigenvalue weighted by atomic mass is 10.1. The minimum absolute atomic E-state index is 0.216. The van der Waals surface area contributed by atoms with Crippen molar-refractivity contribution in [1.29, 1.82) is 0 Å². The van der Waals surface area contributed by atoms with E-state index in [2.05, 4.69) is 21.0 Å². The summed E-state index contributed by atoms with van der Waals surface area (Å²) in [5.41, 5.74) is 2.49. The Morgan fingerprint density at radius 1 is 1.20 bits per heavy atom. The summed E-state index contributed by atoms with van der Waals surface area (Å²) in [6.07, 6.45) is 1.74. The van der Waals surface area contributed by atoms with E-state index < -0.39 is 5.97 Å². The van der Waals surface area contributed by atoms with Gasteiger partial charge in [0.2, 0.25) is 0 Å². The SMILES string of the molecule is CCOC(=O)COc1cc(Br)c(/C=C2/C(=O)N(c3ccccc3)N=C2C)cc1OC. The minimum Gasteiger partial charge on any atom is -0.493 e. The fraction of sp³-hybridized carbons (Fsp3) is 0.227. The van der Waals surface area contributed by atoms with Gasteiger partial charge in [-0.15, -0.1) is 0 Å². The van der Waals surface area contributed by atoms with Gasteiger partial charge in [0.1, 0.15) is 0 Å². The van der Waals surface area contributed by atoms with Crippen molar-refractivity contribution in [1.82, 2.24) is 0 Å². The van der Waals surface area contributed by atoms with Gasteiger partial charge < -0.3 is 14.2 Å². The van der Waals surface area contributed by atoms with Gasteiger partial charge in [0, 0.05) is 4.47 Å². The molecule has 0 aliphatic carbocycles. The monoisotopic (exact) mass is 472 g/mol. The molecule has 1 amide bonds. The first kappa shape index (κ1) is 21.6. The molecule has 2 aromatic carbocycles. The molecule has 0 atom stereocenters. The van der Waals surface area contributed by atoms with Crippen molar-refractivity contribution in [3.8, 4) is 11.5 Å². The van der Waals surface area contributed by atoms with Gasteiger partial charge in [-0.25, -0.2) is 4.79 Å². The van der Waals surface area contributed by atoms with Crippen molar-refractivity contribution in [2.45, 2.75) is 13.8 Å². The van der Waals surface area contributed by atoms with E-state index in [1.807, 2.05) is 30.3 Å². The molecule has 1 aliphatic heterocycles. The summed E-state index contributed by atoms with van der Waals surface area (Å²) in [5, 5.41) is 5.76. The van der Waals surface area contributed by atoms with Crippen molar-refractivity contribution < 1.29 is 23.8 Å². The van der Waals surface area contributed by atoms with Crippen LogP contribution in [0.4, 0.5) is 5.69 Å². The normalized spacial score (nSPS) is 14.7. The summed E-state index contributed by atoms with van der Waals surface area (Å²) in [6, 6.07) is 12.6. The van der Waals surface area contributed by atoms with Crippen LogP contribution in [0.3, 0.4) is 0 Å². The number of esters is 1. The molecule has 1 aliphatic rings. The van der Waals surface area contributed by atoms with E-state index >= 15 is 0 Å². The fourth-order valence-electron chi connectivity index (χ4n) is 2.86. The second kappa shape index (κ2) is 9.58. The standard InChI is InChI=1S/C22H21BrN2O5/c1-4-29-21(26)13-30-20-12-18(23)15(11-19(20)28-3)10-17-14(2)24-25(22(17)27)16-8-6-5-7-9-16/h5-12H,4,13H2,1-3H3/b17-10+. The van der Waals surface area contributed by atoms with Gasteiger partial charge in [0.25, 0.3) is 5.91 Å². The molecule has 0 radical (unpaired) electrons. The lowest BCUT2D eigenvalue weighted by Crippen LogP contribution is -2.21. The number of nitrogens with zero attached hydrogens (tertiary/aromatic N) is 2. The van der Waals surface area contributed by atoms with E-state index in [9.17, 15) is 9.59 Å². The Morgan fingerprint density at radius 3 is 2.60 bits per heavy atom. The lowest BCUT2D eigenvalue weighted by Gasteiger charge is -2.13. The van der Waals surface area contributed by atoms with Crippen LogP contribution in [0.25, 0.3) is 6.08 Å². The smallest absolute Gasteiger partial charge is 0.344 e. The molecule has 7 nitrogen and oxygen atoms in total. The summed E-state index contributed by atoms with van der Waals surface area (Å²) in [4.78, 5) is 24.5. The molecular weight excluding hydrogens is 452 g/mol. The molecule has 0 spiro atoms. The van der Waals surface area contributed by atoms with Gasteiger partial charge in [0.15, 0.2) is 18.1 Å². The lowest BCUT2D eigenvalue weighted by molar-refractivity contribution is -0.145. The predicted octanol–water partition coefficient (Wildman–Crippen LogP) is 4.21. The van der Waals surface area contributed by atoms with Crippen LogP contribution in [0.5, 0.6) is 11.5 Å². The van der Waals surface area contributed by atoms with Gasteiger partial charge in [-0.05, 0) is 49.8 Å². The summed E-state index contributed by atoms with van der Waals surface area (Å²) >= 11 is 3.49. The molecule has 0 bridgehead atoms. The predicted molar refractivity (Wildman–Crippen MR) is 118 cm³/mol. The third-order valence-corrected chi connectivity index (χ3v) is 4.98. The van der Waals surface area contributed by atoms with Crippen LogP contribution in [0.1, 0.15) is 19.4 Å². The molecule has 156 valence electrons. The van der Waals surface area contributed by atoms with Crippen LogP contribution in [0, 0.1) is 0 Å². The van der Waals surface area contributed by atoms with E-state index in [-0.39, 0.29) is 19.1 Å². The summed E-state index contributed by atoms with van der Waals surface area (Å²) < 4.78 is 16.4. The first-order valence-corrected chi connectivity index (χ1v) is 10.1. The minimum atomic E-state index is -0.466. The quantitative estimate of drug-likeness (QED) is 0.445. The van der Waals surface area contributed by atoms with E-state index in [4.69, 9.17) is 14.2 Å². The number of carbonyl (C=O) groups is 2. The van der Waals surface area contributed by atoms with Gasteiger partial charge in [-0.3, -0.25) is 4.79 Å². The number of hydrogen-bond donors (Lipinski definition) is 0. The van der Waals surface area contributed by atoms with Crippen molar-refractivity contribution in [3.63, 3.8) is 0 Å². The molecule has 2 aromatic rings. The first-order chi connectivity index (χ1) is 14.4. The molecule has 30 heavy (non-hydrogen) atoms. The molecule has 0 aromatic heterocycles. The molecule has 0 saturated heterocycles. The summed E-state index contributed by atoms with van der Waals surface area (Å²) in [6.45, 7) is 3.57. The van der Waals surface area contributed by atoms with Crippen LogP contribution >= 0.6 is 15.9 Å². The van der Waals surface area contributed by atoms with Crippen LogP contribution in [-0.4, -0.2) is 37.9 Å². The maximum Gasteiger partial charge on any atom is 0.344 e. The number of hydrogen-bond acceptors (Lipinski definition) is 6. The zero-order valence-corrected chi connectivity index (χ0v) is 18.4. The number of halogens is 1. The molecule has 8 heteroatoms. The maximum atomic E-state index is 12.9. The number of benzene rings is 2. The Hall–Kier alpha value is -3.13. The summed E-state index contributed by atoms with van der Waals surface area (Å²) in [5.74, 6) is 0.126. The Balaban J connectivity index is 1.87. The van der Waals surface area contributed by atoms with Crippen molar-refractivity contribution in [2.75, 3.05) is 25.3 Å². The second-order valence-electron chi connectivity index (χ2n) is 6.31. The number of amides is 1. The van der Waals surface area contributed by atoms with E-state index in [0.29, 0.717) is 38.5 Å². The van der Waals surface area contributed by atoms with Crippen molar-refractivity contribution in [2.24, 2.45) is 5.10 Å². The van der Waals surface area contributed by atoms with Crippen molar-refractivity contribution in [3.05, 3.63) is 58.1 Å². The largest absolute Gasteiger partial charge is 0.493 e. The van der Waals surface area contributed by atoms with E-state index in [1.54, 1.807) is 32.1 Å². The van der Waals surface area contributed by atoms with Crippen molar-refractivity contribution >= 4 is 45.3 Å². The average Bonchev–Trinajstić information content (AvgIpc) is 3.02. The first-order valence-electron chi connectivity index (χ1n) is 9.27. The number of para-hydroxylation sites is 1. The highest BCUT2D eigenvalue weighted by atomic mass is 79.9. The molecule has 1 heterocycles. The van der Waals surface area contributed by atoms with E-state index in [0.717, 1.165) is 0 Å². The number of carbonyl (C=O) groups excluding carboxylic acids is 2. The second-order valence-corrected chi connectivity index (χ2v) is 7.17. The van der Waals surface area contributed by atoms with Crippen LogP contribution < -0.4 is 14.5 Å². The average molecular weight is 473 g/mol. The highest BCUT2D eigenvalue weighted by Gasteiger charge is 2.29. The number of ether oxygens (including phenoxy) is 3. The number of rotatable bonds is 7. The topological polar surface area (TPSA) is 77.4 Å². The van der Waals surface area contributed by atoms with Crippen LogP contribution in [0.15, 0.2) is 57.6 Å². The molecule has 0 N–H and O–H groups in total. The van der Waals surface area contributed by atoms with Gasteiger partial charge in [-0.1, -0.05) is 34.1 Å². The number of anilines is 1. The Bertz CT molecular complexity index is 1020. The highest BCUT2D eigenvalue weighted by molar-refractivity contribution is 9.10. The zero-order chi connectivity index (χ0) is 21.7.